The van der Waals surface area contributed by atoms with Gasteiger partial charge in [0.1, 0.15) is 0 Å². The molecule has 0 unspecified atom stereocenters. The lowest BCUT2D eigenvalue weighted by Crippen LogP contribution is -1.94. The van der Waals surface area contributed by atoms with Crippen molar-refractivity contribution in [3.05, 3.63) is 503 Å². The zero-order valence-electron chi connectivity index (χ0n) is 82.4. The van der Waals surface area contributed by atoms with Gasteiger partial charge in [-0.1, -0.05) is 291 Å². The SMILES string of the molecule is Cn1c2ccc(-n3c4ccccc4c4ccccc43)cc2c2cc(-n3c4ccccc4c4ccccc43)ccc21.Cn1c2ccccc2c2cc(-c3ccc4c(c3)c3ccccc3n4-c3ccccc3)ccc21.Cn1c2ccccc2c2cc(-n3c4ccccc4c4ccccc43)ccc21.Cn1c2ccccc2c2cc3c(cc21)Cc1ccccc1-3.Cn1c2ccccc2c2cc3c4ccccc4n(-c4ccccc4)c3cc21. The molecule has 148 heavy (non-hydrogen) atoms. The van der Waals surface area contributed by atoms with Gasteiger partial charge >= 0.3 is 0 Å². The minimum atomic E-state index is 1.06. The monoisotopic (exact) mass is 1890 g/mol. The van der Waals surface area contributed by atoms with Crippen LogP contribution in [0.2, 0.25) is 0 Å². The van der Waals surface area contributed by atoms with Crippen molar-refractivity contribution < 1.29 is 0 Å². The van der Waals surface area contributed by atoms with Crippen LogP contribution in [0.1, 0.15) is 11.1 Å². The molecule has 10 heterocycles. The van der Waals surface area contributed by atoms with E-state index in [0.717, 1.165) is 6.42 Å². The van der Waals surface area contributed by atoms with E-state index in [9.17, 15) is 0 Å². The predicted molar refractivity (Wildman–Crippen MR) is 627 cm³/mol. The minimum absolute atomic E-state index is 1.06. The number of para-hydroxylation sites is 14. The highest BCUT2D eigenvalue weighted by Crippen LogP contribution is 2.47. The number of benzene rings is 22. The second-order valence-corrected chi connectivity index (χ2v) is 39.7. The average Bonchev–Trinajstić information content (AvgIpc) is 1.67. The fraction of sp³-hybridized carbons (Fsp3) is 0.0435. The first-order chi connectivity index (χ1) is 73.0. The maximum atomic E-state index is 2.40. The summed E-state index contributed by atoms with van der Waals surface area (Å²) < 4.78 is 23.4. The van der Waals surface area contributed by atoms with Gasteiger partial charge in [0.25, 0.3) is 0 Å². The van der Waals surface area contributed by atoms with E-state index in [0.29, 0.717) is 0 Å². The van der Waals surface area contributed by atoms with Crippen molar-refractivity contribution in [2.75, 3.05) is 0 Å². The number of aryl methyl sites for hydroxylation is 5. The number of fused-ring (bicyclic) bond motifs is 33. The molecule has 700 valence electrons. The topological polar surface area (TPSA) is 49.3 Å². The average molecular weight is 1900 g/mol. The number of hydrogen-bond acceptors (Lipinski definition) is 0. The standard InChI is InChI=1S/C37H25N3.C31H22N2.2C25H18N2.C20H15N/c1-38-32-20-18-24(39-34-14-6-2-10-26(34)27-11-3-7-15-35(27)39)22-30(32)31-23-25(19-21-33(31)38)40-36-16-8-4-12-28(36)29-13-5-9-17-37(29)40;1-32-28-13-7-5-11-24(28)26-19-21(15-17-29(26)32)22-16-18-31-27(20-22)25-12-6-8-14-30(25)33(31)23-9-3-2-4-10-23;1-26-22-11-5-2-10-20(22)21-16-17(14-15-23(21)26)27-24-12-6-3-8-18(24)19-9-4-7-13-25(19)27;1-26-22-13-7-5-11-18(22)20-15-21-19-12-6-8-14-23(19)27(25(21)16-24(20)26)17-9-3-2-4-10-17;1-21-19-9-5-4-8-16(19)18-12-17-14(11-20(18)21)10-13-6-2-3-7-15(13)17/h2-23H,1H3;2-20H,1H3;2*2-16H,1H3;2-9,11-12H,10H2,1H3. The van der Waals surface area contributed by atoms with Crippen LogP contribution in [0, 0.1) is 0 Å². The van der Waals surface area contributed by atoms with Gasteiger partial charge in [-0.05, 0) is 240 Å². The predicted octanol–water partition coefficient (Wildman–Crippen LogP) is 35.4. The molecule has 1 aliphatic carbocycles. The number of hydrogen-bond donors (Lipinski definition) is 0. The molecule has 10 heteroatoms. The van der Waals surface area contributed by atoms with Gasteiger partial charge in [0, 0.05) is 221 Å². The Bertz CT molecular complexity index is 10800. The number of aromatic nitrogens is 10. The van der Waals surface area contributed by atoms with E-state index in [1.807, 2.05) is 0 Å². The largest absolute Gasteiger partial charge is 0.344 e. The van der Waals surface area contributed by atoms with Crippen LogP contribution in [-0.4, -0.2) is 45.7 Å². The van der Waals surface area contributed by atoms with Crippen LogP contribution in [0.4, 0.5) is 0 Å². The summed E-state index contributed by atoms with van der Waals surface area (Å²) in [7, 11) is 10.8. The third-order valence-electron chi connectivity index (χ3n) is 31.9. The maximum absolute atomic E-state index is 2.40. The Morgan fingerprint density at radius 1 is 0.122 bits per heavy atom. The van der Waals surface area contributed by atoms with E-state index in [1.165, 1.54) is 280 Å². The lowest BCUT2D eigenvalue weighted by atomic mass is 10.0. The molecule has 33 rings (SSSR count). The zero-order valence-corrected chi connectivity index (χ0v) is 82.4. The Morgan fingerprint density at radius 2 is 0.338 bits per heavy atom. The summed E-state index contributed by atoms with van der Waals surface area (Å²) in [5.74, 6) is 0. The maximum Gasteiger partial charge on any atom is 0.0562 e. The molecule has 0 amide bonds. The molecule has 0 saturated heterocycles. The van der Waals surface area contributed by atoms with Gasteiger partial charge in [0.15, 0.2) is 0 Å². The van der Waals surface area contributed by atoms with E-state index < -0.39 is 0 Å². The van der Waals surface area contributed by atoms with Crippen LogP contribution in [0.5, 0.6) is 0 Å². The molecule has 22 aromatic carbocycles. The Labute approximate surface area is 852 Å². The first-order valence-electron chi connectivity index (χ1n) is 51.1. The van der Waals surface area contributed by atoms with Crippen molar-refractivity contribution >= 4 is 218 Å². The normalized spacial score (nSPS) is 12.1. The Kier molecular flexibility index (Phi) is 19.7. The summed E-state index contributed by atoms with van der Waals surface area (Å²) in [6.07, 6.45) is 1.06. The van der Waals surface area contributed by atoms with Crippen LogP contribution >= 0.6 is 0 Å². The van der Waals surface area contributed by atoms with Gasteiger partial charge in [0.05, 0.1) is 60.7 Å². The fourth-order valence-corrected chi connectivity index (χ4v) is 25.0. The van der Waals surface area contributed by atoms with Gasteiger partial charge in [-0.2, -0.15) is 0 Å². The summed E-state index contributed by atoms with van der Waals surface area (Å²) >= 11 is 0. The third-order valence-corrected chi connectivity index (χ3v) is 31.9. The van der Waals surface area contributed by atoms with Crippen molar-refractivity contribution in [1.82, 2.24) is 45.7 Å². The van der Waals surface area contributed by atoms with Crippen LogP contribution in [0.25, 0.3) is 269 Å². The Morgan fingerprint density at radius 3 is 0.696 bits per heavy atom. The van der Waals surface area contributed by atoms with E-state index >= 15 is 0 Å². The van der Waals surface area contributed by atoms with Gasteiger partial charge in [-0.3, -0.25) is 0 Å². The zero-order chi connectivity index (χ0) is 98.2. The van der Waals surface area contributed by atoms with E-state index in [1.54, 1.807) is 0 Å². The molecule has 0 radical (unpaired) electrons. The summed E-state index contributed by atoms with van der Waals surface area (Å²) in [6, 6.07) is 178. The van der Waals surface area contributed by atoms with Gasteiger partial charge in [0.2, 0.25) is 0 Å². The molecule has 1 aliphatic rings. The van der Waals surface area contributed by atoms with Gasteiger partial charge in [-0.15, -0.1) is 0 Å². The molecule has 32 aromatic rings. The van der Waals surface area contributed by atoms with Crippen LogP contribution in [0.3, 0.4) is 0 Å². The van der Waals surface area contributed by atoms with Crippen molar-refractivity contribution in [1.29, 1.82) is 0 Å². The van der Waals surface area contributed by atoms with Gasteiger partial charge in [-0.25, -0.2) is 0 Å². The fourth-order valence-electron chi connectivity index (χ4n) is 25.0. The Hall–Kier alpha value is -19.2. The number of nitrogens with zero attached hydrogens (tertiary/aromatic N) is 10. The molecule has 0 aliphatic heterocycles. The summed E-state index contributed by atoms with van der Waals surface area (Å²) in [6.45, 7) is 0. The van der Waals surface area contributed by atoms with Crippen molar-refractivity contribution in [2.24, 2.45) is 35.2 Å². The lowest BCUT2D eigenvalue weighted by Gasteiger charge is -2.09. The highest BCUT2D eigenvalue weighted by atomic mass is 15.0. The minimum Gasteiger partial charge on any atom is -0.344 e. The first-order valence-corrected chi connectivity index (χ1v) is 51.1. The second kappa shape index (κ2) is 34.0. The number of rotatable bonds is 6. The van der Waals surface area contributed by atoms with Crippen molar-refractivity contribution in [3.8, 4) is 50.7 Å². The highest BCUT2D eigenvalue weighted by molar-refractivity contribution is 6.21. The highest BCUT2D eigenvalue weighted by Gasteiger charge is 2.26. The molecular formula is C138H98N10. The molecular weight excluding hydrogens is 1800 g/mol. The molecule has 0 saturated carbocycles. The lowest BCUT2D eigenvalue weighted by molar-refractivity contribution is 1.01. The summed E-state index contributed by atoms with van der Waals surface area (Å²) in [4.78, 5) is 0. The molecule has 0 atom stereocenters. The Balaban J connectivity index is 0.0000000885. The molecule has 0 N–H and O–H groups in total. The quantitative estimate of drug-likeness (QED) is 0.159. The molecule has 0 spiro atoms. The molecule has 0 bridgehead atoms. The van der Waals surface area contributed by atoms with Gasteiger partial charge < -0.3 is 45.7 Å². The summed E-state index contributed by atoms with van der Waals surface area (Å²) in [5, 5.41) is 26.0. The van der Waals surface area contributed by atoms with Crippen molar-refractivity contribution in [3.63, 3.8) is 0 Å². The second-order valence-electron chi connectivity index (χ2n) is 39.7. The van der Waals surface area contributed by atoms with E-state index in [-0.39, 0.29) is 0 Å². The van der Waals surface area contributed by atoms with Crippen LogP contribution in [-0.2, 0) is 41.7 Å². The van der Waals surface area contributed by atoms with Crippen molar-refractivity contribution in [2.45, 2.75) is 6.42 Å². The summed E-state index contributed by atoms with van der Waals surface area (Å²) in [5.41, 5.74) is 39.3. The molecule has 10 nitrogen and oxygen atoms in total. The van der Waals surface area contributed by atoms with E-state index in [4.69, 9.17) is 0 Å². The smallest absolute Gasteiger partial charge is 0.0562 e. The molecule has 0 fully saturated rings. The van der Waals surface area contributed by atoms with Crippen LogP contribution in [0.15, 0.2) is 491 Å². The van der Waals surface area contributed by atoms with E-state index in [2.05, 4.69) is 572 Å². The van der Waals surface area contributed by atoms with Crippen LogP contribution < -0.4 is 0 Å². The third kappa shape index (κ3) is 13.3. The molecule has 10 aromatic heterocycles. The first kappa shape index (κ1) is 85.6.